The molecule has 1 atom stereocenters. The molecule has 3 nitrogen and oxygen atoms in total. The number of hydrogen-bond donors (Lipinski definition) is 0. The van der Waals surface area contributed by atoms with Crippen molar-refractivity contribution < 1.29 is 14.3 Å². The second kappa shape index (κ2) is 6.88. The standard InChI is InChI=1S/C18H18O3S/c1-22-12-14-11-21-17-8-7-15(9-16(17)18(14)19)20-10-13-5-3-2-4-6-13/h2-9,14H,10-12H2,1H3. The molecule has 4 heteroatoms. The first-order valence-electron chi connectivity index (χ1n) is 7.24. The molecule has 0 saturated heterocycles. The van der Waals surface area contributed by atoms with Crippen LogP contribution in [0.3, 0.4) is 0 Å². The van der Waals surface area contributed by atoms with Crippen LogP contribution in [-0.2, 0) is 6.61 Å². The summed E-state index contributed by atoms with van der Waals surface area (Å²) in [7, 11) is 0. The number of Topliss-reactive ketones (excluding diaryl/α,β-unsaturated/α-hetero) is 1. The van der Waals surface area contributed by atoms with Crippen LogP contribution in [0.2, 0.25) is 0 Å². The van der Waals surface area contributed by atoms with Crippen LogP contribution >= 0.6 is 11.8 Å². The Balaban J connectivity index is 1.74. The Labute approximate surface area is 134 Å². The van der Waals surface area contributed by atoms with Crippen molar-refractivity contribution >= 4 is 17.5 Å². The lowest BCUT2D eigenvalue weighted by atomic mass is 9.96. The fourth-order valence-corrected chi connectivity index (χ4v) is 3.12. The lowest BCUT2D eigenvalue weighted by molar-refractivity contribution is 0.0852. The van der Waals surface area contributed by atoms with E-state index in [0.717, 1.165) is 11.3 Å². The summed E-state index contributed by atoms with van der Waals surface area (Å²) in [5.41, 5.74) is 1.74. The molecule has 0 spiro atoms. The summed E-state index contributed by atoms with van der Waals surface area (Å²) in [5.74, 6) is 2.24. The average Bonchev–Trinajstić information content (AvgIpc) is 2.57. The average molecular weight is 314 g/mol. The topological polar surface area (TPSA) is 35.5 Å². The van der Waals surface area contributed by atoms with Gasteiger partial charge < -0.3 is 9.47 Å². The van der Waals surface area contributed by atoms with E-state index < -0.39 is 0 Å². The first-order chi connectivity index (χ1) is 10.8. The number of ketones is 1. The molecule has 2 aromatic carbocycles. The molecule has 0 saturated carbocycles. The van der Waals surface area contributed by atoms with Gasteiger partial charge in [-0.15, -0.1) is 0 Å². The summed E-state index contributed by atoms with van der Waals surface area (Å²) in [6, 6.07) is 15.4. The lowest BCUT2D eigenvalue weighted by Gasteiger charge is -2.24. The number of ether oxygens (including phenoxy) is 2. The summed E-state index contributed by atoms with van der Waals surface area (Å²) >= 11 is 1.67. The Bertz CT molecular complexity index is 655. The number of carbonyl (C=O) groups excluding carboxylic acids is 1. The summed E-state index contributed by atoms with van der Waals surface area (Å²) < 4.78 is 11.5. The van der Waals surface area contributed by atoms with Crippen LogP contribution in [-0.4, -0.2) is 24.4 Å². The van der Waals surface area contributed by atoms with Crippen molar-refractivity contribution in [2.24, 2.45) is 5.92 Å². The SMILES string of the molecule is CSCC1COc2ccc(OCc3ccccc3)cc2C1=O. The van der Waals surface area contributed by atoms with Crippen molar-refractivity contribution in [2.75, 3.05) is 18.6 Å². The Hall–Kier alpha value is -1.94. The highest BCUT2D eigenvalue weighted by Crippen LogP contribution is 2.31. The first-order valence-corrected chi connectivity index (χ1v) is 8.64. The molecule has 3 rings (SSSR count). The maximum absolute atomic E-state index is 12.5. The van der Waals surface area contributed by atoms with Gasteiger partial charge in [-0.2, -0.15) is 11.8 Å². The molecule has 0 fully saturated rings. The van der Waals surface area contributed by atoms with Crippen LogP contribution in [0.4, 0.5) is 0 Å². The molecular formula is C18H18O3S. The Kier molecular flexibility index (Phi) is 4.68. The number of carbonyl (C=O) groups is 1. The van der Waals surface area contributed by atoms with Gasteiger partial charge in [-0.1, -0.05) is 30.3 Å². The smallest absolute Gasteiger partial charge is 0.174 e. The monoisotopic (exact) mass is 314 g/mol. The van der Waals surface area contributed by atoms with Gasteiger partial charge in [-0.05, 0) is 30.0 Å². The largest absolute Gasteiger partial charge is 0.492 e. The van der Waals surface area contributed by atoms with E-state index in [4.69, 9.17) is 9.47 Å². The zero-order valence-electron chi connectivity index (χ0n) is 12.5. The quantitative estimate of drug-likeness (QED) is 0.840. The van der Waals surface area contributed by atoms with Crippen LogP contribution in [0.1, 0.15) is 15.9 Å². The molecule has 22 heavy (non-hydrogen) atoms. The van der Waals surface area contributed by atoms with Gasteiger partial charge in [-0.25, -0.2) is 0 Å². The van der Waals surface area contributed by atoms with Crippen molar-refractivity contribution in [1.82, 2.24) is 0 Å². The second-order valence-electron chi connectivity index (χ2n) is 5.26. The summed E-state index contributed by atoms with van der Waals surface area (Å²) in [5, 5.41) is 0. The van der Waals surface area contributed by atoms with Crippen LogP contribution in [0.25, 0.3) is 0 Å². The summed E-state index contributed by atoms with van der Waals surface area (Å²) in [6.07, 6.45) is 2.00. The van der Waals surface area contributed by atoms with Crippen molar-refractivity contribution in [2.45, 2.75) is 6.61 Å². The normalized spacial score (nSPS) is 16.8. The molecule has 1 aliphatic heterocycles. The van der Waals surface area contributed by atoms with E-state index >= 15 is 0 Å². The molecule has 1 heterocycles. The van der Waals surface area contributed by atoms with Crippen LogP contribution in [0, 0.1) is 5.92 Å². The molecule has 0 aromatic heterocycles. The molecule has 114 valence electrons. The number of rotatable bonds is 5. The van der Waals surface area contributed by atoms with Crippen molar-refractivity contribution in [3.8, 4) is 11.5 Å². The molecule has 1 aliphatic rings. The van der Waals surface area contributed by atoms with Gasteiger partial charge in [0.15, 0.2) is 5.78 Å². The third-order valence-electron chi connectivity index (χ3n) is 3.64. The lowest BCUT2D eigenvalue weighted by Crippen LogP contribution is -2.29. The number of thioether (sulfide) groups is 1. The maximum atomic E-state index is 12.5. The Morgan fingerprint density at radius 3 is 2.82 bits per heavy atom. The van der Waals surface area contributed by atoms with E-state index in [1.165, 1.54) is 0 Å². The fraction of sp³-hybridized carbons (Fsp3) is 0.278. The Morgan fingerprint density at radius 2 is 2.05 bits per heavy atom. The molecule has 0 N–H and O–H groups in total. The molecule has 0 aliphatic carbocycles. The predicted molar refractivity (Wildman–Crippen MR) is 88.9 cm³/mol. The van der Waals surface area contributed by atoms with Crippen molar-refractivity contribution in [3.05, 3.63) is 59.7 Å². The molecule has 0 amide bonds. The zero-order chi connectivity index (χ0) is 15.4. The van der Waals surface area contributed by atoms with Crippen LogP contribution in [0.5, 0.6) is 11.5 Å². The van der Waals surface area contributed by atoms with Crippen LogP contribution < -0.4 is 9.47 Å². The van der Waals surface area contributed by atoms with E-state index in [2.05, 4.69) is 0 Å². The second-order valence-corrected chi connectivity index (χ2v) is 6.17. The highest BCUT2D eigenvalue weighted by molar-refractivity contribution is 7.98. The number of hydrogen-bond acceptors (Lipinski definition) is 4. The van der Waals surface area contributed by atoms with Gasteiger partial charge in [0.25, 0.3) is 0 Å². The van der Waals surface area contributed by atoms with Gasteiger partial charge in [0, 0.05) is 5.75 Å². The molecule has 0 radical (unpaired) electrons. The third kappa shape index (κ3) is 3.28. The van der Waals surface area contributed by atoms with Gasteiger partial charge in [0.2, 0.25) is 0 Å². The van der Waals surface area contributed by atoms with E-state index in [9.17, 15) is 4.79 Å². The van der Waals surface area contributed by atoms with E-state index in [1.807, 2.05) is 48.7 Å². The first kappa shape index (κ1) is 15.0. The van der Waals surface area contributed by atoms with Gasteiger partial charge in [0.1, 0.15) is 18.1 Å². The Morgan fingerprint density at radius 1 is 1.23 bits per heavy atom. The summed E-state index contributed by atoms with van der Waals surface area (Å²) in [4.78, 5) is 12.5. The highest BCUT2D eigenvalue weighted by atomic mass is 32.2. The van der Waals surface area contributed by atoms with Gasteiger partial charge >= 0.3 is 0 Å². The third-order valence-corrected chi connectivity index (χ3v) is 4.38. The molecule has 0 bridgehead atoms. The zero-order valence-corrected chi connectivity index (χ0v) is 13.3. The van der Waals surface area contributed by atoms with Crippen LogP contribution in [0.15, 0.2) is 48.5 Å². The van der Waals surface area contributed by atoms with E-state index in [0.29, 0.717) is 30.3 Å². The minimum Gasteiger partial charge on any atom is -0.492 e. The molecule has 2 aromatic rings. The van der Waals surface area contributed by atoms with Crippen molar-refractivity contribution in [3.63, 3.8) is 0 Å². The van der Waals surface area contributed by atoms with E-state index in [1.54, 1.807) is 17.8 Å². The van der Waals surface area contributed by atoms with E-state index in [-0.39, 0.29) is 11.7 Å². The van der Waals surface area contributed by atoms with Gasteiger partial charge in [-0.3, -0.25) is 4.79 Å². The minimum atomic E-state index is -0.0631. The fourth-order valence-electron chi connectivity index (χ4n) is 2.47. The molecular weight excluding hydrogens is 296 g/mol. The number of benzene rings is 2. The number of fused-ring (bicyclic) bond motifs is 1. The van der Waals surface area contributed by atoms with Gasteiger partial charge in [0.05, 0.1) is 18.1 Å². The predicted octanol–water partition coefficient (Wildman–Crippen LogP) is 3.82. The highest BCUT2D eigenvalue weighted by Gasteiger charge is 2.28. The van der Waals surface area contributed by atoms with Crippen molar-refractivity contribution in [1.29, 1.82) is 0 Å². The minimum absolute atomic E-state index is 0.0631. The summed E-state index contributed by atoms with van der Waals surface area (Å²) in [6.45, 7) is 0.958. The maximum Gasteiger partial charge on any atom is 0.174 e. The molecule has 1 unspecified atom stereocenters.